The molecule has 4 rings (SSSR count). The Bertz CT molecular complexity index is 942. The number of hydrogen-bond acceptors (Lipinski definition) is 5. The van der Waals surface area contributed by atoms with Crippen molar-refractivity contribution in [2.45, 2.75) is 38.7 Å². The van der Waals surface area contributed by atoms with Crippen LogP contribution in [0, 0.1) is 0 Å². The molecule has 27 heavy (non-hydrogen) atoms. The number of anilines is 1. The molecule has 0 bridgehead atoms. The minimum atomic E-state index is -0.307. The maximum atomic E-state index is 12.4. The first-order valence-electron chi connectivity index (χ1n) is 9.46. The van der Waals surface area contributed by atoms with Crippen molar-refractivity contribution in [2.75, 3.05) is 18.0 Å². The third-order valence-electron chi connectivity index (χ3n) is 5.07. The number of aromatic nitrogens is 3. The van der Waals surface area contributed by atoms with E-state index in [1.807, 2.05) is 26.1 Å². The second kappa shape index (κ2) is 7.39. The number of nitrogens with one attached hydrogen (secondary N) is 1. The van der Waals surface area contributed by atoms with E-state index in [2.05, 4.69) is 32.1 Å². The Labute approximate surface area is 158 Å². The summed E-state index contributed by atoms with van der Waals surface area (Å²) in [6.45, 7) is 5.43. The predicted molar refractivity (Wildman–Crippen MR) is 105 cm³/mol. The van der Waals surface area contributed by atoms with Crippen LogP contribution in [0.25, 0.3) is 11.0 Å². The van der Waals surface area contributed by atoms with Gasteiger partial charge in [0.25, 0.3) is 0 Å². The van der Waals surface area contributed by atoms with E-state index in [1.54, 1.807) is 18.3 Å². The van der Waals surface area contributed by atoms with E-state index in [9.17, 15) is 4.79 Å². The molecule has 1 N–H and O–H groups in total. The molecule has 3 aromatic heterocycles. The zero-order chi connectivity index (χ0) is 18.8. The molecule has 140 valence electrons. The van der Waals surface area contributed by atoms with Gasteiger partial charge in [-0.3, -0.25) is 0 Å². The van der Waals surface area contributed by atoms with Crippen LogP contribution >= 0.6 is 0 Å². The van der Waals surface area contributed by atoms with Gasteiger partial charge < -0.3 is 14.6 Å². The molecule has 0 amide bonds. The number of nitrogens with zero attached hydrogens (tertiary/aromatic N) is 3. The van der Waals surface area contributed by atoms with Crippen LogP contribution in [-0.2, 0) is 4.74 Å². The Hall–Kier alpha value is -2.89. The van der Waals surface area contributed by atoms with Gasteiger partial charge in [0, 0.05) is 37.1 Å². The molecular formula is C21H24N4O2. The highest BCUT2D eigenvalue weighted by Crippen LogP contribution is 2.34. The zero-order valence-electron chi connectivity index (χ0n) is 15.7. The standard InChI is InChI=1S/C21H24N4O2/c1-14(2)27-21(26)17-6-4-10-23-20(17)25-11-7-15(8-12-25)18-13-24-19-16(18)5-3-9-22-19/h3-6,9-10,13-15H,7-8,11-12H2,1-2H3,(H,22,24). The van der Waals surface area contributed by atoms with Gasteiger partial charge in [0.15, 0.2) is 0 Å². The highest BCUT2D eigenvalue weighted by Gasteiger charge is 2.26. The molecule has 0 saturated carbocycles. The van der Waals surface area contributed by atoms with E-state index in [-0.39, 0.29) is 12.1 Å². The van der Waals surface area contributed by atoms with Gasteiger partial charge >= 0.3 is 5.97 Å². The minimum Gasteiger partial charge on any atom is -0.459 e. The van der Waals surface area contributed by atoms with Crippen molar-refractivity contribution in [3.8, 4) is 0 Å². The summed E-state index contributed by atoms with van der Waals surface area (Å²) >= 11 is 0. The van der Waals surface area contributed by atoms with Crippen molar-refractivity contribution in [3.63, 3.8) is 0 Å². The van der Waals surface area contributed by atoms with Crippen molar-refractivity contribution in [3.05, 3.63) is 54.0 Å². The fourth-order valence-corrected chi connectivity index (χ4v) is 3.80. The molecule has 1 fully saturated rings. The summed E-state index contributed by atoms with van der Waals surface area (Å²) in [4.78, 5) is 26.7. The van der Waals surface area contributed by atoms with Crippen molar-refractivity contribution < 1.29 is 9.53 Å². The van der Waals surface area contributed by atoms with Gasteiger partial charge in [0.2, 0.25) is 0 Å². The van der Waals surface area contributed by atoms with Gasteiger partial charge in [-0.05, 0) is 62.4 Å². The van der Waals surface area contributed by atoms with Crippen LogP contribution in [-0.4, -0.2) is 40.1 Å². The number of esters is 1. The van der Waals surface area contributed by atoms with Gasteiger partial charge in [0.05, 0.1) is 6.10 Å². The molecule has 1 aliphatic heterocycles. The summed E-state index contributed by atoms with van der Waals surface area (Å²) in [5.74, 6) is 0.897. The number of fused-ring (bicyclic) bond motifs is 1. The second-order valence-electron chi connectivity index (χ2n) is 7.23. The van der Waals surface area contributed by atoms with Gasteiger partial charge in [-0.1, -0.05) is 0 Å². The Morgan fingerprint density at radius 1 is 1.19 bits per heavy atom. The number of pyridine rings is 2. The number of hydrogen-bond donors (Lipinski definition) is 1. The second-order valence-corrected chi connectivity index (χ2v) is 7.23. The highest BCUT2D eigenvalue weighted by molar-refractivity contribution is 5.94. The molecule has 1 saturated heterocycles. The SMILES string of the molecule is CC(C)OC(=O)c1cccnc1N1CCC(c2c[nH]c3ncccc23)CC1. The average Bonchev–Trinajstić information content (AvgIpc) is 3.12. The topological polar surface area (TPSA) is 71.1 Å². The average molecular weight is 364 g/mol. The van der Waals surface area contributed by atoms with E-state index < -0.39 is 0 Å². The first-order valence-corrected chi connectivity index (χ1v) is 9.46. The minimum absolute atomic E-state index is 0.147. The lowest BCUT2D eigenvalue weighted by molar-refractivity contribution is 0.0378. The van der Waals surface area contributed by atoms with Crippen molar-refractivity contribution >= 4 is 22.8 Å². The Morgan fingerprint density at radius 2 is 1.93 bits per heavy atom. The van der Waals surface area contributed by atoms with Crippen LogP contribution in [0.3, 0.4) is 0 Å². The highest BCUT2D eigenvalue weighted by atomic mass is 16.5. The number of carbonyl (C=O) groups is 1. The Kier molecular flexibility index (Phi) is 4.79. The van der Waals surface area contributed by atoms with Gasteiger partial charge in [0.1, 0.15) is 17.0 Å². The third-order valence-corrected chi connectivity index (χ3v) is 5.07. The van der Waals surface area contributed by atoms with E-state index >= 15 is 0 Å². The van der Waals surface area contributed by atoms with Gasteiger partial charge in [-0.15, -0.1) is 0 Å². The molecular weight excluding hydrogens is 340 g/mol. The maximum Gasteiger partial charge on any atom is 0.342 e. The molecule has 0 unspecified atom stereocenters. The molecule has 4 heterocycles. The van der Waals surface area contributed by atoms with E-state index in [1.165, 1.54) is 10.9 Å². The lowest BCUT2D eigenvalue weighted by atomic mass is 9.89. The molecule has 6 nitrogen and oxygen atoms in total. The largest absolute Gasteiger partial charge is 0.459 e. The Morgan fingerprint density at radius 3 is 2.70 bits per heavy atom. The van der Waals surface area contributed by atoms with Crippen LogP contribution in [0.1, 0.15) is 48.5 Å². The fourth-order valence-electron chi connectivity index (χ4n) is 3.80. The van der Waals surface area contributed by atoms with Gasteiger partial charge in [-0.25, -0.2) is 14.8 Å². The number of rotatable bonds is 4. The first-order chi connectivity index (χ1) is 13.1. The number of piperidine rings is 1. The summed E-state index contributed by atoms with van der Waals surface area (Å²) in [5, 5.41) is 1.20. The summed E-state index contributed by atoms with van der Waals surface area (Å²) < 4.78 is 5.38. The molecule has 0 aromatic carbocycles. The maximum absolute atomic E-state index is 12.4. The normalized spacial score (nSPS) is 15.4. The third kappa shape index (κ3) is 3.52. The molecule has 3 aromatic rings. The fraction of sp³-hybridized carbons (Fsp3) is 0.381. The monoisotopic (exact) mass is 364 g/mol. The summed E-state index contributed by atoms with van der Waals surface area (Å²) in [7, 11) is 0. The van der Waals surface area contributed by atoms with Crippen molar-refractivity contribution in [2.24, 2.45) is 0 Å². The van der Waals surface area contributed by atoms with E-state index in [4.69, 9.17) is 4.74 Å². The number of carbonyl (C=O) groups excluding carboxylic acids is 1. The number of H-pyrrole nitrogens is 1. The Balaban J connectivity index is 1.51. The van der Waals surface area contributed by atoms with E-state index in [0.717, 1.165) is 37.4 Å². The van der Waals surface area contributed by atoms with Crippen LogP contribution in [0.15, 0.2) is 42.9 Å². The van der Waals surface area contributed by atoms with Gasteiger partial charge in [-0.2, -0.15) is 0 Å². The van der Waals surface area contributed by atoms with Crippen LogP contribution < -0.4 is 4.90 Å². The van der Waals surface area contributed by atoms with Crippen LogP contribution in [0.5, 0.6) is 0 Å². The molecule has 1 aliphatic rings. The molecule has 6 heteroatoms. The first kappa shape index (κ1) is 17.5. The number of aromatic amines is 1. The summed E-state index contributed by atoms with van der Waals surface area (Å²) in [6, 6.07) is 7.69. The van der Waals surface area contributed by atoms with Crippen LogP contribution in [0.2, 0.25) is 0 Å². The molecule has 0 spiro atoms. The van der Waals surface area contributed by atoms with Crippen LogP contribution in [0.4, 0.5) is 5.82 Å². The number of ether oxygens (including phenoxy) is 1. The lowest BCUT2D eigenvalue weighted by Gasteiger charge is -2.33. The summed E-state index contributed by atoms with van der Waals surface area (Å²) in [5.41, 5.74) is 2.82. The molecule has 0 atom stereocenters. The quantitative estimate of drug-likeness (QED) is 0.711. The zero-order valence-corrected chi connectivity index (χ0v) is 15.7. The lowest BCUT2D eigenvalue weighted by Crippen LogP contribution is -2.34. The summed E-state index contributed by atoms with van der Waals surface area (Å²) in [6.07, 6.45) is 7.51. The molecule has 0 radical (unpaired) electrons. The van der Waals surface area contributed by atoms with E-state index in [0.29, 0.717) is 11.5 Å². The van der Waals surface area contributed by atoms with Crippen molar-refractivity contribution in [1.29, 1.82) is 0 Å². The molecule has 0 aliphatic carbocycles. The van der Waals surface area contributed by atoms with Crippen molar-refractivity contribution in [1.82, 2.24) is 15.0 Å². The predicted octanol–water partition coefficient (Wildman–Crippen LogP) is 3.91. The smallest absolute Gasteiger partial charge is 0.342 e.